The predicted octanol–water partition coefficient (Wildman–Crippen LogP) is 1.79. The van der Waals surface area contributed by atoms with Crippen molar-refractivity contribution in [2.75, 3.05) is 19.6 Å². The minimum atomic E-state index is -0.935. The molecule has 0 aliphatic carbocycles. The highest BCUT2D eigenvalue weighted by Gasteiger charge is 2.16. The Morgan fingerprint density at radius 2 is 2.05 bits per heavy atom. The molecule has 116 valence electrons. The molecule has 6 heteroatoms. The molecule has 0 aromatic heterocycles. The quantitative estimate of drug-likeness (QED) is 0.768. The summed E-state index contributed by atoms with van der Waals surface area (Å²) in [6.07, 6.45) is 0.687. The van der Waals surface area contributed by atoms with E-state index in [4.69, 9.17) is 16.7 Å². The summed E-state index contributed by atoms with van der Waals surface area (Å²) < 4.78 is 0. The summed E-state index contributed by atoms with van der Waals surface area (Å²) in [5.41, 5.74) is 1.05. The van der Waals surface area contributed by atoms with Crippen LogP contribution in [0.1, 0.15) is 19.4 Å². The Labute approximate surface area is 129 Å². The van der Waals surface area contributed by atoms with Crippen LogP contribution >= 0.6 is 11.6 Å². The van der Waals surface area contributed by atoms with Crippen LogP contribution in [0, 0.1) is 0 Å². The summed E-state index contributed by atoms with van der Waals surface area (Å²) in [6, 6.07) is 7.48. The van der Waals surface area contributed by atoms with Crippen molar-refractivity contribution in [1.29, 1.82) is 0 Å². The number of benzene rings is 1. The van der Waals surface area contributed by atoms with Crippen molar-refractivity contribution in [1.82, 2.24) is 10.2 Å². The van der Waals surface area contributed by atoms with Crippen LogP contribution in [-0.2, 0) is 16.0 Å². The third-order valence-electron chi connectivity index (χ3n) is 3.04. The largest absolute Gasteiger partial charge is 0.480 e. The number of hydrogen-bond acceptors (Lipinski definition) is 3. The van der Waals surface area contributed by atoms with Crippen molar-refractivity contribution in [2.45, 2.75) is 26.3 Å². The fourth-order valence-electron chi connectivity index (χ4n) is 1.87. The van der Waals surface area contributed by atoms with Crippen LogP contribution in [0.2, 0.25) is 5.02 Å². The van der Waals surface area contributed by atoms with E-state index >= 15 is 0 Å². The Bertz CT molecular complexity index is 492. The Morgan fingerprint density at radius 1 is 1.33 bits per heavy atom. The number of amides is 1. The maximum Gasteiger partial charge on any atom is 0.317 e. The van der Waals surface area contributed by atoms with Gasteiger partial charge >= 0.3 is 5.97 Å². The first kappa shape index (κ1) is 17.5. The van der Waals surface area contributed by atoms with Crippen LogP contribution in [0.4, 0.5) is 0 Å². The number of carboxylic acids is 1. The molecule has 2 N–H and O–H groups in total. The number of aliphatic carboxylic acids is 1. The molecule has 0 aliphatic rings. The van der Waals surface area contributed by atoms with Gasteiger partial charge in [0.1, 0.15) is 0 Å². The molecule has 1 rings (SSSR count). The van der Waals surface area contributed by atoms with Crippen molar-refractivity contribution >= 4 is 23.5 Å². The smallest absolute Gasteiger partial charge is 0.317 e. The summed E-state index contributed by atoms with van der Waals surface area (Å²) in [6.45, 7) is 4.17. The van der Waals surface area contributed by atoms with Crippen LogP contribution in [0.15, 0.2) is 24.3 Å². The van der Waals surface area contributed by atoms with E-state index in [-0.39, 0.29) is 25.0 Å². The first-order chi connectivity index (χ1) is 9.88. The number of carbonyl (C=O) groups is 2. The van der Waals surface area contributed by atoms with Gasteiger partial charge in [0.25, 0.3) is 0 Å². The predicted molar refractivity (Wildman–Crippen MR) is 82.5 cm³/mol. The van der Waals surface area contributed by atoms with E-state index in [2.05, 4.69) is 5.32 Å². The Kier molecular flexibility index (Phi) is 7.19. The van der Waals surface area contributed by atoms with Crippen LogP contribution in [0.25, 0.3) is 0 Å². The molecular formula is C15H21ClN2O3. The van der Waals surface area contributed by atoms with Crippen molar-refractivity contribution in [3.8, 4) is 0 Å². The van der Waals surface area contributed by atoms with Gasteiger partial charge in [-0.1, -0.05) is 23.7 Å². The van der Waals surface area contributed by atoms with Crippen molar-refractivity contribution < 1.29 is 14.7 Å². The lowest BCUT2D eigenvalue weighted by Gasteiger charge is -2.23. The zero-order chi connectivity index (χ0) is 15.8. The highest BCUT2D eigenvalue weighted by atomic mass is 35.5. The topological polar surface area (TPSA) is 69.6 Å². The molecule has 0 bridgehead atoms. The summed E-state index contributed by atoms with van der Waals surface area (Å²) in [7, 11) is 0. The summed E-state index contributed by atoms with van der Waals surface area (Å²) in [5.74, 6) is -1.11. The number of nitrogens with zero attached hydrogens (tertiary/aromatic N) is 1. The second kappa shape index (κ2) is 8.64. The lowest BCUT2D eigenvalue weighted by Crippen LogP contribution is -2.43. The Morgan fingerprint density at radius 3 is 2.62 bits per heavy atom. The third kappa shape index (κ3) is 7.11. The van der Waals surface area contributed by atoms with Gasteiger partial charge in [-0.3, -0.25) is 14.5 Å². The van der Waals surface area contributed by atoms with Gasteiger partial charge in [0.15, 0.2) is 0 Å². The van der Waals surface area contributed by atoms with Gasteiger partial charge in [-0.2, -0.15) is 0 Å². The molecular weight excluding hydrogens is 292 g/mol. The highest BCUT2D eigenvalue weighted by Crippen LogP contribution is 2.10. The molecule has 0 atom stereocenters. The van der Waals surface area contributed by atoms with E-state index < -0.39 is 5.97 Å². The molecule has 0 saturated carbocycles. The molecule has 0 spiro atoms. The fourth-order valence-corrected chi connectivity index (χ4v) is 2.09. The van der Waals surface area contributed by atoms with Gasteiger partial charge in [-0.15, -0.1) is 0 Å². The number of hydrogen-bond donors (Lipinski definition) is 2. The van der Waals surface area contributed by atoms with Crippen molar-refractivity contribution in [2.24, 2.45) is 0 Å². The Hall–Kier alpha value is -1.59. The number of carbonyl (C=O) groups excluding carboxylic acids is 1. The molecule has 21 heavy (non-hydrogen) atoms. The van der Waals surface area contributed by atoms with E-state index in [1.165, 1.54) is 0 Å². The van der Waals surface area contributed by atoms with E-state index in [0.29, 0.717) is 18.0 Å². The summed E-state index contributed by atoms with van der Waals surface area (Å²) in [4.78, 5) is 24.2. The molecule has 1 aromatic rings. The maximum atomic E-state index is 11.8. The molecule has 0 fully saturated rings. The van der Waals surface area contributed by atoms with E-state index in [9.17, 15) is 9.59 Å². The minimum absolute atomic E-state index is 0.000204. The van der Waals surface area contributed by atoms with Gasteiger partial charge in [-0.25, -0.2) is 0 Å². The Balaban J connectivity index is 2.37. The zero-order valence-electron chi connectivity index (χ0n) is 12.3. The van der Waals surface area contributed by atoms with Crippen LogP contribution in [0.5, 0.6) is 0 Å². The van der Waals surface area contributed by atoms with Gasteiger partial charge in [-0.05, 0) is 38.0 Å². The van der Waals surface area contributed by atoms with Crippen molar-refractivity contribution in [3.63, 3.8) is 0 Å². The van der Waals surface area contributed by atoms with Crippen molar-refractivity contribution in [3.05, 3.63) is 34.9 Å². The lowest BCUT2D eigenvalue weighted by molar-refractivity contribution is -0.139. The molecule has 0 radical (unpaired) electrons. The normalized spacial score (nSPS) is 10.9. The number of halogens is 1. The molecule has 0 heterocycles. The molecule has 1 aromatic carbocycles. The lowest BCUT2D eigenvalue weighted by atomic mass is 10.1. The highest BCUT2D eigenvalue weighted by molar-refractivity contribution is 6.30. The van der Waals surface area contributed by atoms with Gasteiger partial charge in [0.2, 0.25) is 5.91 Å². The standard InChI is InChI=1S/C15H21ClN2O3/c1-11(2)18(10-15(20)21)9-14(19)17-7-6-12-4-3-5-13(16)8-12/h3-5,8,11H,6-7,9-10H2,1-2H3,(H,17,19)(H,20,21). The first-order valence-electron chi connectivity index (χ1n) is 6.85. The number of nitrogens with one attached hydrogen (secondary N) is 1. The van der Waals surface area contributed by atoms with Gasteiger partial charge < -0.3 is 10.4 Å². The third-order valence-corrected chi connectivity index (χ3v) is 3.28. The van der Waals surface area contributed by atoms with Gasteiger partial charge in [0.05, 0.1) is 13.1 Å². The number of carboxylic acid groups (broad SMARTS) is 1. The molecule has 5 nitrogen and oxygen atoms in total. The monoisotopic (exact) mass is 312 g/mol. The molecule has 0 unspecified atom stereocenters. The van der Waals surface area contributed by atoms with Gasteiger partial charge in [0, 0.05) is 17.6 Å². The van der Waals surface area contributed by atoms with Crippen LogP contribution in [0.3, 0.4) is 0 Å². The molecule has 0 saturated heterocycles. The van der Waals surface area contributed by atoms with Crippen LogP contribution in [-0.4, -0.2) is 47.6 Å². The maximum absolute atomic E-state index is 11.8. The summed E-state index contributed by atoms with van der Waals surface area (Å²) >= 11 is 5.89. The molecule has 0 aliphatic heterocycles. The van der Waals surface area contributed by atoms with E-state index in [1.54, 1.807) is 11.0 Å². The van der Waals surface area contributed by atoms with Crippen LogP contribution < -0.4 is 5.32 Å². The minimum Gasteiger partial charge on any atom is -0.480 e. The fraction of sp³-hybridized carbons (Fsp3) is 0.467. The second-order valence-electron chi connectivity index (χ2n) is 5.12. The number of rotatable bonds is 8. The second-order valence-corrected chi connectivity index (χ2v) is 5.56. The average molecular weight is 313 g/mol. The molecule has 1 amide bonds. The zero-order valence-corrected chi connectivity index (χ0v) is 13.1. The van der Waals surface area contributed by atoms with E-state index in [1.807, 2.05) is 32.0 Å². The average Bonchev–Trinajstić information content (AvgIpc) is 2.37. The van der Waals surface area contributed by atoms with E-state index in [0.717, 1.165) is 5.56 Å². The summed E-state index contributed by atoms with van der Waals surface area (Å²) in [5, 5.41) is 12.3. The first-order valence-corrected chi connectivity index (χ1v) is 7.23. The SMILES string of the molecule is CC(C)N(CC(=O)O)CC(=O)NCCc1cccc(Cl)c1.